The third-order valence-electron chi connectivity index (χ3n) is 5.76. The predicted molar refractivity (Wildman–Crippen MR) is 122 cm³/mol. The van der Waals surface area contributed by atoms with Gasteiger partial charge in [-0.05, 0) is 36.4 Å². The molecule has 1 N–H and O–H groups in total. The van der Waals surface area contributed by atoms with Crippen LogP contribution in [0.5, 0.6) is 11.5 Å². The van der Waals surface area contributed by atoms with Crippen LogP contribution in [-0.4, -0.2) is 63.4 Å². The van der Waals surface area contributed by atoms with Gasteiger partial charge >= 0.3 is 0 Å². The molecule has 176 valence electrons. The lowest BCUT2D eigenvalue weighted by Gasteiger charge is -2.22. The van der Waals surface area contributed by atoms with E-state index in [1.54, 1.807) is 36.9 Å². The van der Waals surface area contributed by atoms with Crippen LogP contribution in [0.3, 0.4) is 0 Å². The molecular formula is C23H27N3O6S. The van der Waals surface area contributed by atoms with Gasteiger partial charge in [-0.1, -0.05) is 13.8 Å². The van der Waals surface area contributed by atoms with Crippen molar-refractivity contribution in [1.82, 2.24) is 9.62 Å². The van der Waals surface area contributed by atoms with Crippen molar-refractivity contribution in [2.45, 2.75) is 31.2 Å². The smallest absolute Gasteiger partial charge is 0.251 e. The first-order valence-corrected chi connectivity index (χ1v) is 12.4. The first kappa shape index (κ1) is 23.1. The van der Waals surface area contributed by atoms with Crippen LogP contribution in [0.1, 0.15) is 30.6 Å². The maximum atomic E-state index is 12.7. The molecule has 2 amide bonds. The fraction of sp³-hybridized carbons (Fsp3) is 0.391. The average molecular weight is 474 g/mol. The van der Waals surface area contributed by atoms with E-state index in [1.165, 1.54) is 28.6 Å². The summed E-state index contributed by atoms with van der Waals surface area (Å²) >= 11 is 0. The van der Waals surface area contributed by atoms with Gasteiger partial charge in [0.2, 0.25) is 15.9 Å². The molecule has 2 aliphatic rings. The van der Waals surface area contributed by atoms with E-state index in [1.807, 2.05) is 0 Å². The Bertz CT molecular complexity index is 1150. The van der Waals surface area contributed by atoms with Crippen LogP contribution < -0.4 is 19.7 Å². The van der Waals surface area contributed by atoms with Crippen LogP contribution in [0.2, 0.25) is 0 Å². The molecule has 0 aliphatic carbocycles. The molecule has 0 spiro atoms. The molecule has 0 unspecified atom stereocenters. The van der Waals surface area contributed by atoms with Crippen molar-refractivity contribution in [3.63, 3.8) is 0 Å². The van der Waals surface area contributed by atoms with E-state index in [4.69, 9.17) is 9.47 Å². The van der Waals surface area contributed by atoms with Gasteiger partial charge in [0.05, 0.1) is 10.9 Å². The number of amides is 2. The quantitative estimate of drug-likeness (QED) is 0.660. The zero-order valence-electron chi connectivity index (χ0n) is 18.6. The molecule has 1 atom stereocenters. The fourth-order valence-electron chi connectivity index (χ4n) is 4.01. The highest BCUT2D eigenvalue weighted by Crippen LogP contribution is 2.35. The van der Waals surface area contributed by atoms with E-state index >= 15 is 0 Å². The molecule has 9 nitrogen and oxygen atoms in total. The second-order valence-electron chi connectivity index (χ2n) is 7.82. The topological polar surface area (TPSA) is 105 Å². The second-order valence-corrected chi connectivity index (χ2v) is 9.76. The number of anilines is 1. The number of rotatable bonds is 7. The molecule has 0 bridgehead atoms. The number of nitrogens with one attached hydrogen (secondary N) is 1. The summed E-state index contributed by atoms with van der Waals surface area (Å²) in [6.07, 6.45) is 0.175. The second kappa shape index (κ2) is 9.40. The summed E-state index contributed by atoms with van der Waals surface area (Å²) in [7, 11) is -3.59. The third kappa shape index (κ3) is 4.67. The molecule has 33 heavy (non-hydrogen) atoms. The monoisotopic (exact) mass is 473 g/mol. The van der Waals surface area contributed by atoms with Crippen molar-refractivity contribution in [3.8, 4) is 11.5 Å². The van der Waals surface area contributed by atoms with Gasteiger partial charge < -0.3 is 19.7 Å². The van der Waals surface area contributed by atoms with E-state index in [0.717, 1.165) is 0 Å². The lowest BCUT2D eigenvalue weighted by atomic mass is 10.2. The number of hydrogen-bond donors (Lipinski definition) is 1. The molecule has 1 fully saturated rings. The number of carbonyl (C=O) groups excluding carboxylic acids is 2. The van der Waals surface area contributed by atoms with Crippen molar-refractivity contribution in [3.05, 3.63) is 48.0 Å². The number of carbonyl (C=O) groups is 2. The maximum Gasteiger partial charge on any atom is 0.251 e. The Labute approximate surface area is 193 Å². The van der Waals surface area contributed by atoms with Gasteiger partial charge in [-0.2, -0.15) is 4.31 Å². The van der Waals surface area contributed by atoms with Crippen LogP contribution in [0.25, 0.3) is 0 Å². The first-order valence-electron chi connectivity index (χ1n) is 10.9. The lowest BCUT2D eigenvalue weighted by Crippen LogP contribution is -2.37. The van der Waals surface area contributed by atoms with E-state index in [-0.39, 0.29) is 29.2 Å². The Balaban J connectivity index is 1.42. The largest absolute Gasteiger partial charge is 0.486 e. The molecule has 2 heterocycles. The van der Waals surface area contributed by atoms with Gasteiger partial charge in [-0.3, -0.25) is 9.59 Å². The van der Waals surface area contributed by atoms with Gasteiger partial charge in [0.1, 0.15) is 13.2 Å². The van der Waals surface area contributed by atoms with E-state index in [2.05, 4.69) is 5.32 Å². The highest BCUT2D eigenvalue weighted by molar-refractivity contribution is 7.89. The van der Waals surface area contributed by atoms with Crippen LogP contribution in [0, 0.1) is 0 Å². The predicted octanol–water partition coefficient (Wildman–Crippen LogP) is 2.02. The third-order valence-corrected chi connectivity index (χ3v) is 7.82. The van der Waals surface area contributed by atoms with Crippen LogP contribution in [0.15, 0.2) is 47.4 Å². The molecule has 0 saturated carbocycles. The summed E-state index contributed by atoms with van der Waals surface area (Å²) in [6.45, 7) is 5.58. The molecule has 2 aromatic rings. The van der Waals surface area contributed by atoms with Gasteiger partial charge in [-0.25, -0.2) is 8.42 Å². The van der Waals surface area contributed by atoms with Gasteiger partial charge in [0.15, 0.2) is 11.5 Å². The molecule has 2 aliphatic heterocycles. The Morgan fingerprint density at radius 1 is 1.06 bits per heavy atom. The van der Waals surface area contributed by atoms with Crippen molar-refractivity contribution in [1.29, 1.82) is 0 Å². The van der Waals surface area contributed by atoms with Crippen molar-refractivity contribution >= 4 is 27.5 Å². The summed E-state index contributed by atoms with van der Waals surface area (Å²) in [5.41, 5.74) is 1.02. The summed E-state index contributed by atoms with van der Waals surface area (Å²) in [5.74, 6) is 0.785. The molecule has 4 rings (SSSR count). The highest BCUT2D eigenvalue weighted by atomic mass is 32.2. The van der Waals surface area contributed by atoms with E-state index < -0.39 is 10.0 Å². The number of nitrogens with zero attached hydrogens (tertiary/aromatic N) is 2. The van der Waals surface area contributed by atoms with Crippen molar-refractivity contribution in [2.75, 3.05) is 37.7 Å². The van der Waals surface area contributed by atoms with Gasteiger partial charge in [0, 0.05) is 43.4 Å². The van der Waals surface area contributed by atoms with Crippen molar-refractivity contribution < 1.29 is 27.5 Å². The SMILES string of the molecule is CCN(CC)S(=O)(=O)c1ccc(C(=O)N[C@H]2CC(=O)N(c3ccc4c(c3)OCCO4)C2)cc1. The molecule has 0 radical (unpaired) electrons. The molecule has 1 saturated heterocycles. The standard InChI is InChI=1S/C23H27N3O6S/c1-3-25(4-2)33(29,30)19-8-5-16(6-9-19)23(28)24-17-13-22(27)26(15-17)18-7-10-20-21(14-18)32-12-11-31-20/h5-10,14,17H,3-4,11-13,15H2,1-2H3,(H,24,28)/t17-/m0/s1. The summed E-state index contributed by atoms with van der Waals surface area (Å²) in [6, 6.07) is 10.8. The van der Waals surface area contributed by atoms with Crippen LogP contribution in [-0.2, 0) is 14.8 Å². The van der Waals surface area contributed by atoms with Gasteiger partial charge in [-0.15, -0.1) is 0 Å². The van der Waals surface area contributed by atoms with E-state index in [0.29, 0.717) is 55.6 Å². The summed E-state index contributed by atoms with van der Waals surface area (Å²) in [5, 5.41) is 2.87. The zero-order chi connectivity index (χ0) is 23.6. The fourth-order valence-corrected chi connectivity index (χ4v) is 5.47. The Kier molecular flexibility index (Phi) is 6.57. The minimum absolute atomic E-state index is 0.0994. The number of fused-ring (bicyclic) bond motifs is 1. The molecule has 2 aromatic carbocycles. The minimum Gasteiger partial charge on any atom is -0.486 e. The number of benzene rings is 2. The summed E-state index contributed by atoms with van der Waals surface area (Å²) < 4.78 is 37.7. The summed E-state index contributed by atoms with van der Waals surface area (Å²) in [4.78, 5) is 27.0. The highest BCUT2D eigenvalue weighted by Gasteiger charge is 2.32. The number of hydrogen-bond acceptors (Lipinski definition) is 6. The van der Waals surface area contributed by atoms with Gasteiger partial charge in [0.25, 0.3) is 5.91 Å². The Morgan fingerprint density at radius 3 is 2.39 bits per heavy atom. The number of ether oxygens (including phenoxy) is 2. The van der Waals surface area contributed by atoms with Crippen molar-refractivity contribution in [2.24, 2.45) is 0 Å². The normalized spacial score (nSPS) is 18.0. The molecular weight excluding hydrogens is 446 g/mol. The number of sulfonamides is 1. The lowest BCUT2D eigenvalue weighted by molar-refractivity contribution is -0.117. The van der Waals surface area contributed by atoms with E-state index in [9.17, 15) is 18.0 Å². The molecule has 0 aromatic heterocycles. The maximum absolute atomic E-state index is 12.7. The van der Waals surface area contributed by atoms with Crippen LogP contribution >= 0.6 is 0 Å². The zero-order valence-corrected chi connectivity index (χ0v) is 19.4. The average Bonchev–Trinajstić information content (AvgIpc) is 3.19. The van der Waals surface area contributed by atoms with Crippen LogP contribution in [0.4, 0.5) is 5.69 Å². The first-order chi connectivity index (χ1) is 15.8. The Morgan fingerprint density at radius 2 is 1.73 bits per heavy atom. The Hall–Kier alpha value is -3.11. The molecule has 10 heteroatoms. The minimum atomic E-state index is -3.59.